The molecule has 0 unspecified atom stereocenters. The van der Waals surface area contributed by atoms with E-state index in [9.17, 15) is 8.42 Å². The molecule has 2 aromatic rings. The second-order valence-corrected chi connectivity index (χ2v) is 5.74. The molecule has 0 atom stereocenters. The summed E-state index contributed by atoms with van der Waals surface area (Å²) in [6.45, 7) is 3.03. The van der Waals surface area contributed by atoms with Crippen LogP contribution < -0.4 is 10.5 Å². The fourth-order valence-corrected chi connectivity index (χ4v) is 2.13. The highest BCUT2D eigenvalue weighted by atomic mass is 32.2. The van der Waals surface area contributed by atoms with Gasteiger partial charge in [0.15, 0.2) is 0 Å². The molecule has 2 heterocycles. The van der Waals surface area contributed by atoms with Crippen LogP contribution in [0.3, 0.4) is 0 Å². The van der Waals surface area contributed by atoms with Crippen LogP contribution in [0.5, 0.6) is 0 Å². The van der Waals surface area contributed by atoms with Gasteiger partial charge in [-0.1, -0.05) is 0 Å². The van der Waals surface area contributed by atoms with Crippen molar-refractivity contribution in [1.29, 1.82) is 0 Å². The van der Waals surface area contributed by atoms with Crippen LogP contribution in [0.25, 0.3) is 0 Å². The highest BCUT2D eigenvalue weighted by Gasteiger charge is 2.13. The van der Waals surface area contributed by atoms with E-state index < -0.39 is 10.0 Å². The summed E-state index contributed by atoms with van der Waals surface area (Å²) in [7, 11) is -1.89. The molecule has 0 aromatic carbocycles. The number of nitrogens with zero attached hydrogens (tertiary/aromatic N) is 2. The molecule has 0 aliphatic carbocycles. The first-order valence-corrected chi connectivity index (χ1v) is 7.22. The van der Waals surface area contributed by atoms with Crippen LogP contribution in [-0.4, -0.2) is 18.2 Å². The van der Waals surface area contributed by atoms with Crippen LogP contribution in [0, 0.1) is 6.92 Å². The summed E-state index contributed by atoms with van der Waals surface area (Å²) in [5.74, 6) is 0.519. The van der Waals surface area contributed by atoms with E-state index in [1.807, 2.05) is 14.0 Å². The molecule has 0 aliphatic heterocycles. The van der Waals surface area contributed by atoms with Crippen molar-refractivity contribution in [2.24, 2.45) is 12.2 Å². The molecule has 19 heavy (non-hydrogen) atoms. The molecule has 0 aliphatic rings. The summed E-state index contributed by atoms with van der Waals surface area (Å²) in [6, 6.07) is 2.94. The van der Waals surface area contributed by atoms with Crippen molar-refractivity contribution in [2.75, 3.05) is 0 Å². The van der Waals surface area contributed by atoms with Crippen molar-refractivity contribution in [1.82, 2.24) is 15.1 Å². The number of aryl methyl sites for hydroxylation is 1. The lowest BCUT2D eigenvalue weighted by Crippen LogP contribution is -2.13. The lowest BCUT2D eigenvalue weighted by molar-refractivity contribution is 0.402. The molecule has 0 fully saturated rings. The van der Waals surface area contributed by atoms with Gasteiger partial charge in [-0.25, -0.2) is 13.6 Å². The minimum Gasteiger partial charge on any atom is -0.447 e. The maximum Gasteiger partial charge on any atom is 0.271 e. The van der Waals surface area contributed by atoms with Crippen LogP contribution >= 0.6 is 0 Å². The van der Waals surface area contributed by atoms with Crippen LogP contribution in [0.15, 0.2) is 27.8 Å². The number of nitrogens with two attached hydrogens (primary N) is 1. The van der Waals surface area contributed by atoms with E-state index in [0.717, 1.165) is 11.3 Å². The number of primary sulfonamides is 1. The Morgan fingerprint density at radius 3 is 2.68 bits per heavy atom. The minimum atomic E-state index is -3.77. The van der Waals surface area contributed by atoms with Gasteiger partial charge in [-0.3, -0.25) is 4.68 Å². The molecule has 0 saturated carbocycles. The van der Waals surface area contributed by atoms with Gasteiger partial charge in [-0.05, 0) is 19.1 Å². The van der Waals surface area contributed by atoms with Gasteiger partial charge in [0.05, 0.1) is 12.7 Å². The van der Waals surface area contributed by atoms with Gasteiger partial charge in [0.2, 0.25) is 5.09 Å². The minimum absolute atomic E-state index is 0.221. The SMILES string of the molecule is Cc1c(CNCc2ccc(S(N)(=O)=O)o2)cnn1C. The van der Waals surface area contributed by atoms with Gasteiger partial charge in [0.1, 0.15) is 5.76 Å². The van der Waals surface area contributed by atoms with Gasteiger partial charge in [-0.2, -0.15) is 5.10 Å². The summed E-state index contributed by atoms with van der Waals surface area (Å²) in [5.41, 5.74) is 2.16. The molecule has 0 amide bonds. The average molecular weight is 284 g/mol. The summed E-state index contributed by atoms with van der Waals surface area (Å²) in [4.78, 5) is 0. The largest absolute Gasteiger partial charge is 0.447 e. The third kappa shape index (κ3) is 3.22. The third-order valence-corrected chi connectivity index (χ3v) is 3.65. The smallest absolute Gasteiger partial charge is 0.271 e. The quantitative estimate of drug-likeness (QED) is 0.819. The van der Waals surface area contributed by atoms with Crippen molar-refractivity contribution in [3.8, 4) is 0 Å². The number of nitrogens with one attached hydrogen (secondary N) is 1. The van der Waals surface area contributed by atoms with Crippen molar-refractivity contribution in [3.63, 3.8) is 0 Å². The maximum atomic E-state index is 11.0. The van der Waals surface area contributed by atoms with Gasteiger partial charge >= 0.3 is 0 Å². The molecule has 0 spiro atoms. The number of furan rings is 1. The Morgan fingerprint density at radius 2 is 2.16 bits per heavy atom. The highest BCUT2D eigenvalue weighted by molar-refractivity contribution is 7.89. The monoisotopic (exact) mass is 284 g/mol. The van der Waals surface area contributed by atoms with E-state index >= 15 is 0 Å². The molecular formula is C11H16N4O3S. The van der Waals surface area contributed by atoms with Gasteiger partial charge in [0.25, 0.3) is 10.0 Å². The first kappa shape index (κ1) is 13.8. The molecule has 0 bridgehead atoms. The first-order valence-electron chi connectivity index (χ1n) is 5.67. The molecule has 2 aromatic heterocycles. The van der Waals surface area contributed by atoms with E-state index in [-0.39, 0.29) is 5.09 Å². The zero-order chi connectivity index (χ0) is 14.0. The lowest BCUT2D eigenvalue weighted by atomic mass is 10.2. The van der Waals surface area contributed by atoms with E-state index in [0.29, 0.717) is 18.8 Å². The van der Waals surface area contributed by atoms with Crippen LogP contribution in [0.1, 0.15) is 17.0 Å². The van der Waals surface area contributed by atoms with Crippen molar-refractivity contribution < 1.29 is 12.8 Å². The number of hydrogen-bond donors (Lipinski definition) is 2. The zero-order valence-electron chi connectivity index (χ0n) is 10.8. The Labute approximate surface area is 111 Å². The van der Waals surface area contributed by atoms with Gasteiger partial charge in [-0.15, -0.1) is 0 Å². The topological polar surface area (TPSA) is 103 Å². The Kier molecular flexibility index (Phi) is 3.74. The first-order chi connectivity index (χ1) is 8.88. The second kappa shape index (κ2) is 5.16. The fraction of sp³-hybridized carbons (Fsp3) is 0.364. The Bertz CT molecular complexity index is 672. The Balaban J connectivity index is 1.93. The normalized spacial score (nSPS) is 11.9. The zero-order valence-corrected chi connectivity index (χ0v) is 11.6. The van der Waals surface area contributed by atoms with Crippen molar-refractivity contribution in [2.45, 2.75) is 25.1 Å². The number of aromatic nitrogens is 2. The van der Waals surface area contributed by atoms with Crippen molar-refractivity contribution >= 4 is 10.0 Å². The predicted molar refractivity (Wildman–Crippen MR) is 68.6 cm³/mol. The van der Waals surface area contributed by atoms with E-state index in [4.69, 9.17) is 9.56 Å². The second-order valence-electron chi connectivity index (χ2n) is 4.25. The van der Waals surface area contributed by atoms with Gasteiger partial charge in [0, 0.05) is 24.8 Å². The number of hydrogen-bond acceptors (Lipinski definition) is 5. The van der Waals surface area contributed by atoms with Crippen LogP contribution in [-0.2, 0) is 30.2 Å². The van der Waals surface area contributed by atoms with Gasteiger partial charge < -0.3 is 9.73 Å². The summed E-state index contributed by atoms with van der Waals surface area (Å²) in [5, 5.41) is 12.0. The average Bonchev–Trinajstić information content (AvgIpc) is 2.90. The van der Waals surface area contributed by atoms with Crippen molar-refractivity contribution in [3.05, 3.63) is 35.3 Å². The molecule has 2 rings (SSSR count). The summed E-state index contributed by atoms with van der Waals surface area (Å²) >= 11 is 0. The molecule has 7 nitrogen and oxygen atoms in total. The maximum absolute atomic E-state index is 11.0. The van der Waals surface area contributed by atoms with Crippen LogP contribution in [0.2, 0.25) is 0 Å². The van der Waals surface area contributed by atoms with Crippen LogP contribution in [0.4, 0.5) is 0 Å². The lowest BCUT2D eigenvalue weighted by Gasteiger charge is -2.02. The summed E-state index contributed by atoms with van der Waals surface area (Å²) < 4.78 is 29.0. The molecular weight excluding hydrogens is 268 g/mol. The van der Waals surface area contributed by atoms with E-state index in [1.165, 1.54) is 6.07 Å². The fourth-order valence-electron chi connectivity index (χ4n) is 1.64. The third-order valence-electron chi connectivity index (χ3n) is 2.87. The molecule has 0 radical (unpaired) electrons. The van der Waals surface area contributed by atoms with E-state index in [2.05, 4.69) is 10.4 Å². The summed E-state index contributed by atoms with van der Waals surface area (Å²) in [6.07, 6.45) is 1.79. The number of sulfonamides is 1. The molecule has 0 saturated heterocycles. The molecule has 3 N–H and O–H groups in total. The Morgan fingerprint density at radius 1 is 1.42 bits per heavy atom. The standard InChI is InChI=1S/C11H16N4O3S/c1-8-9(6-14-15(8)2)5-13-7-10-3-4-11(18-10)19(12,16)17/h3-4,6,13H,5,7H2,1-2H3,(H2,12,16,17). The Hall–Kier alpha value is -1.64. The molecule has 104 valence electrons. The molecule has 8 heteroatoms. The van der Waals surface area contributed by atoms with E-state index in [1.54, 1.807) is 16.9 Å². The predicted octanol–water partition coefficient (Wildman–Crippen LogP) is 0.259. The highest BCUT2D eigenvalue weighted by Crippen LogP contribution is 2.12. The number of rotatable bonds is 5.